The molecule has 3 rings (SSSR count). The molecule has 1 aromatic heterocycles. The van der Waals surface area contributed by atoms with Crippen LogP contribution in [-0.2, 0) is 11.2 Å². The Morgan fingerprint density at radius 1 is 1.32 bits per heavy atom. The molecule has 0 spiro atoms. The number of aryl methyl sites for hydroxylation is 1. The largest absolute Gasteiger partial charge is 0.359 e. The molecule has 3 heterocycles. The van der Waals surface area contributed by atoms with Crippen LogP contribution >= 0.6 is 0 Å². The van der Waals surface area contributed by atoms with Crippen molar-refractivity contribution in [1.82, 2.24) is 20.6 Å². The Labute approximate surface area is 147 Å². The molecule has 0 aromatic carbocycles. The molecule has 1 atom stereocenters. The highest BCUT2D eigenvalue weighted by atomic mass is 16.2. The summed E-state index contributed by atoms with van der Waals surface area (Å²) in [7, 11) is 4.16. The third-order valence-corrected chi connectivity index (χ3v) is 4.51. The predicted octanol–water partition coefficient (Wildman–Crippen LogP) is 1.32. The summed E-state index contributed by atoms with van der Waals surface area (Å²) in [5, 5.41) is 7.04. The van der Waals surface area contributed by atoms with Crippen molar-refractivity contribution in [2.45, 2.75) is 20.3 Å². The Morgan fingerprint density at radius 2 is 2.12 bits per heavy atom. The number of hydrogen-bond acceptors (Lipinski definition) is 5. The number of allylic oxidation sites excluding steroid dienone is 1. The number of hydrazone groups is 1. The second-order valence-corrected chi connectivity index (χ2v) is 6.58. The number of aromatic amines is 1. The van der Waals surface area contributed by atoms with Gasteiger partial charge in [0.2, 0.25) is 0 Å². The number of aromatic nitrogens is 1. The number of likely N-dealkylation sites (N-methyl/N-ethyl adjacent to an activating group) is 1. The molecule has 0 aliphatic carbocycles. The van der Waals surface area contributed by atoms with Crippen LogP contribution in [0.25, 0.3) is 6.08 Å². The van der Waals surface area contributed by atoms with Gasteiger partial charge in [-0.1, -0.05) is 0 Å². The molecule has 3 N–H and O–H groups in total. The van der Waals surface area contributed by atoms with Gasteiger partial charge in [-0.3, -0.25) is 9.79 Å². The fraction of sp³-hybridized carbons (Fsp3) is 0.389. The van der Waals surface area contributed by atoms with Gasteiger partial charge in [-0.15, -0.1) is 0 Å². The SMILES string of the molecule is Cc1[nH]c(C=C2NC=CN=C2C2C=NNC2=O)c(C)c1CCN(C)C. The minimum Gasteiger partial charge on any atom is -0.359 e. The highest BCUT2D eigenvalue weighted by molar-refractivity contribution is 6.24. The highest BCUT2D eigenvalue weighted by Crippen LogP contribution is 2.22. The molecule has 0 fully saturated rings. The number of rotatable bonds is 5. The highest BCUT2D eigenvalue weighted by Gasteiger charge is 2.29. The van der Waals surface area contributed by atoms with Crippen LogP contribution in [0.5, 0.6) is 0 Å². The van der Waals surface area contributed by atoms with Gasteiger partial charge in [0, 0.05) is 36.5 Å². The van der Waals surface area contributed by atoms with Crippen LogP contribution in [0.15, 0.2) is 28.2 Å². The Morgan fingerprint density at radius 3 is 2.80 bits per heavy atom. The molecule has 0 saturated carbocycles. The number of hydrogen-bond donors (Lipinski definition) is 3. The molecule has 1 amide bonds. The maximum atomic E-state index is 11.9. The number of nitrogens with zero attached hydrogens (tertiary/aromatic N) is 3. The summed E-state index contributed by atoms with van der Waals surface area (Å²) in [5.41, 5.74) is 8.71. The van der Waals surface area contributed by atoms with Crippen molar-refractivity contribution in [3.05, 3.63) is 40.6 Å². The zero-order valence-electron chi connectivity index (χ0n) is 15.1. The molecule has 7 heteroatoms. The predicted molar refractivity (Wildman–Crippen MR) is 100 cm³/mol. The van der Waals surface area contributed by atoms with Gasteiger partial charge in [0.25, 0.3) is 5.91 Å². The smallest absolute Gasteiger partial charge is 0.254 e. The van der Waals surface area contributed by atoms with Gasteiger partial charge in [0.15, 0.2) is 0 Å². The van der Waals surface area contributed by atoms with Crippen LogP contribution < -0.4 is 10.7 Å². The van der Waals surface area contributed by atoms with Gasteiger partial charge in [-0.05, 0) is 51.6 Å². The normalized spacial score (nSPS) is 21.0. The average Bonchev–Trinajstić information content (AvgIpc) is 3.10. The fourth-order valence-electron chi connectivity index (χ4n) is 3.07. The number of carbonyl (C=O) groups excluding carboxylic acids is 1. The summed E-state index contributed by atoms with van der Waals surface area (Å²) in [6.45, 7) is 5.22. The van der Waals surface area contributed by atoms with E-state index in [-0.39, 0.29) is 5.91 Å². The van der Waals surface area contributed by atoms with Gasteiger partial charge in [-0.2, -0.15) is 5.10 Å². The summed E-state index contributed by atoms with van der Waals surface area (Å²) < 4.78 is 0. The minimum atomic E-state index is -0.465. The quantitative estimate of drug-likeness (QED) is 0.756. The number of aliphatic imine (C=N–C) groups is 1. The Bertz CT molecular complexity index is 797. The molecule has 1 unspecified atom stereocenters. The van der Waals surface area contributed by atoms with Gasteiger partial charge in [0.1, 0.15) is 5.92 Å². The first-order chi connectivity index (χ1) is 12.0. The van der Waals surface area contributed by atoms with Gasteiger partial charge in [-0.25, -0.2) is 5.43 Å². The van der Waals surface area contributed by atoms with Gasteiger partial charge >= 0.3 is 0 Å². The van der Waals surface area contributed by atoms with Crippen molar-refractivity contribution < 1.29 is 4.79 Å². The molecule has 0 radical (unpaired) electrons. The van der Waals surface area contributed by atoms with E-state index in [0.29, 0.717) is 5.71 Å². The van der Waals surface area contributed by atoms with E-state index >= 15 is 0 Å². The van der Waals surface area contributed by atoms with Crippen molar-refractivity contribution in [1.29, 1.82) is 0 Å². The second kappa shape index (κ2) is 7.06. The van der Waals surface area contributed by atoms with Crippen molar-refractivity contribution in [2.24, 2.45) is 16.0 Å². The van der Waals surface area contributed by atoms with E-state index in [4.69, 9.17) is 0 Å². The van der Waals surface area contributed by atoms with Crippen molar-refractivity contribution in [3.63, 3.8) is 0 Å². The summed E-state index contributed by atoms with van der Waals surface area (Å²) in [5.74, 6) is -0.624. The molecular formula is C18H24N6O. The molecule has 132 valence electrons. The van der Waals surface area contributed by atoms with Crippen molar-refractivity contribution in [2.75, 3.05) is 20.6 Å². The lowest BCUT2D eigenvalue weighted by atomic mass is 9.99. The van der Waals surface area contributed by atoms with Gasteiger partial charge < -0.3 is 15.2 Å². The average molecular weight is 340 g/mol. The first-order valence-corrected chi connectivity index (χ1v) is 8.34. The van der Waals surface area contributed by atoms with Crippen LogP contribution in [0.4, 0.5) is 0 Å². The third kappa shape index (κ3) is 3.56. The van der Waals surface area contributed by atoms with E-state index in [1.807, 2.05) is 6.08 Å². The number of H-pyrrole nitrogens is 1. The molecule has 25 heavy (non-hydrogen) atoms. The van der Waals surface area contributed by atoms with Crippen molar-refractivity contribution >= 4 is 23.9 Å². The lowest BCUT2D eigenvalue weighted by Crippen LogP contribution is -2.32. The summed E-state index contributed by atoms with van der Waals surface area (Å²) in [6.07, 6.45) is 8.02. The topological polar surface area (TPSA) is 84.9 Å². The van der Waals surface area contributed by atoms with Crippen molar-refractivity contribution in [3.8, 4) is 0 Å². The Balaban J connectivity index is 1.90. The van der Waals surface area contributed by atoms with E-state index < -0.39 is 5.92 Å². The Kier molecular flexibility index (Phi) is 4.85. The van der Waals surface area contributed by atoms with Crippen LogP contribution in [0, 0.1) is 19.8 Å². The summed E-state index contributed by atoms with van der Waals surface area (Å²) in [4.78, 5) is 22.0. The fourth-order valence-corrected chi connectivity index (χ4v) is 3.07. The maximum absolute atomic E-state index is 11.9. The monoisotopic (exact) mass is 340 g/mol. The molecule has 2 aliphatic rings. The van der Waals surface area contributed by atoms with E-state index in [1.54, 1.807) is 18.6 Å². The molecule has 1 aromatic rings. The van der Waals surface area contributed by atoms with E-state index in [1.165, 1.54) is 16.8 Å². The van der Waals surface area contributed by atoms with Crippen LogP contribution in [0.3, 0.4) is 0 Å². The maximum Gasteiger partial charge on any atom is 0.254 e. The van der Waals surface area contributed by atoms with E-state index in [9.17, 15) is 4.79 Å². The first kappa shape index (κ1) is 17.2. The first-order valence-electron chi connectivity index (χ1n) is 8.34. The molecule has 0 saturated heterocycles. The summed E-state index contributed by atoms with van der Waals surface area (Å²) >= 11 is 0. The lowest BCUT2D eigenvalue weighted by Gasteiger charge is -2.16. The third-order valence-electron chi connectivity index (χ3n) is 4.51. The molecule has 0 bridgehead atoms. The Hall–Kier alpha value is -2.67. The van der Waals surface area contributed by atoms with Crippen LogP contribution in [-0.4, -0.2) is 48.4 Å². The van der Waals surface area contributed by atoms with E-state index in [0.717, 1.165) is 24.4 Å². The number of nitrogens with one attached hydrogen (secondary N) is 3. The van der Waals surface area contributed by atoms with Crippen LogP contribution in [0.1, 0.15) is 22.5 Å². The summed E-state index contributed by atoms with van der Waals surface area (Å²) in [6, 6.07) is 0. The zero-order valence-corrected chi connectivity index (χ0v) is 15.1. The number of carbonyl (C=O) groups is 1. The second-order valence-electron chi connectivity index (χ2n) is 6.58. The zero-order chi connectivity index (χ0) is 18.0. The molecular weight excluding hydrogens is 316 g/mol. The molecule has 7 nitrogen and oxygen atoms in total. The molecule has 2 aliphatic heterocycles. The number of amides is 1. The van der Waals surface area contributed by atoms with E-state index in [2.05, 4.69) is 58.7 Å². The van der Waals surface area contributed by atoms with Crippen LogP contribution in [0.2, 0.25) is 0 Å². The standard InChI is InChI=1S/C18H24N6O/c1-11-13(5-8-24(3)4)12(2)22-15(11)9-16-17(20-7-6-19-16)14-10-21-23-18(14)25/h6-7,9-10,14,19,22H,5,8H2,1-4H3,(H,23,25). The van der Waals surface area contributed by atoms with Gasteiger partial charge in [0.05, 0.1) is 11.4 Å². The minimum absolute atomic E-state index is 0.159. The lowest BCUT2D eigenvalue weighted by molar-refractivity contribution is -0.120.